The lowest BCUT2D eigenvalue weighted by atomic mass is 10.2. The maximum atomic E-state index is 9.67. The summed E-state index contributed by atoms with van der Waals surface area (Å²) in [6, 6.07) is 7.70. The fraction of sp³-hybridized carbons (Fsp3) is 0.200. The Morgan fingerprint density at radius 1 is 1.46 bits per heavy atom. The number of halogens is 1. The molecule has 0 amide bonds. The lowest BCUT2D eigenvalue weighted by Crippen LogP contribution is -1.95. The monoisotopic (exact) mass is 287 g/mol. The molecule has 1 aromatic carbocycles. The van der Waals surface area contributed by atoms with Crippen molar-refractivity contribution in [3.63, 3.8) is 0 Å². The van der Waals surface area contributed by atoms with Crippen molar-refractivity contribution in [2.24, 2.45) is 0 Å². The molecule has 0 aliphatic heterocycles. The van der Waals surface area contributed by atoms with Gasteiger partial charge in [0.25, 0.3) is 0 Å². The number of benzene rings is 1. The Balaban J connectivity index is 2.88. The van der Waals surface area contributed by atoms with Gasteiger partial charge in [0.15, 0.2) is 0 Å². The van der Waals surface area contributed by atoms with Crippen LogP contribution in [0.1, 0.15) is 6.92 Å². The largest absolute Gasteiger partial charge is 0.506 e. The van der Waals surface area contributed by atoms with Crippen LogP contribution in [0.2, 0.25) is 0 Å². The molecule has 68 valence electrons. The highest BCUT2D eigenvalue weighted by molar-refractivity contribution is 14.1. The Bertz CT molecular complexity index is 447. The summed E-state index contributed by atoms with van der Waals surface area (Å²) in [7, 11) is 0. The van der Waals surface area contributed by atoms with E-state index in [0.717, 1.165) is 21.1 Å². The van der Waals surface area contributed by atoms with E-state index < -0.39 is 0 Å². The number of fused-ring (bicyclic) bond motifs is 1. The van der Waals surface area contributed by atoms with E-state index in [1.165, 1.54) is 0 Å². The van der Waals surface area contributed by atoms with E-state index in [2.05, 4.69) is 40.1 Å². The molecule has 2 rings (SSSR count). The maximum Gasteiger partial charge on any atom is 0.139 e. The van der Waals surface area contributed by atoms with E-state index in [1.54, 1.807) is 6.07 Å². The fourth-order valence-corrected chi connectivity index (χ4v) is 2.50. The van der Waals surface area contributed by atoms with Crippen molar-refractivity contribution in [2.75, 3.05) is 0 Å². The second kappa shape index (κ2) is 3.21. The average molecular weight is 287 g/mol. The van der Waals surface area contributed by atoms with Gasteiger partial charge in [-0.15, -0.1) is 0 Å². The van der Waals surface area contributed by atoms with Gasteiger partial charge in [0.05, 0.1) is 9.22 Å². The van der Waals surface area contributed by atoms with Crippen LogP contribution in [0.15, 0.2) is 24.3 Å². The number of rotatable bonds is 1. The molecule has 1 aromatic heterocycles. The van der Waals surface area contributed by atoms with Crippen molar-refractivity contribution in [1.82, 2.24) is 4.57 Å². The van der Waals surface area contributed by atoms with Gasteiger partial charge in [-0.25, -0.2) is 0 Å². The number of hydrogen-bond acceptors (Lipinski definition) is 1. The third-order valence-electron chi connectivity index (χ3n) is 2.16. The Hall–Kier alpha value is -0.710. The summed E-state index contributed by atoms with van der Waals surface area (Å²) in [5.41, 5.74) is 0.939. The van der Waals surface area contributed by atoms with Crippen molar-refractivity contribution in [1.29, 1.82) is 0 Å². The number of phenolic OH excluding ortho intramolecular Hbond substituents is 1. The van der Waals surface area contributed by atoms with Crippen molar-refractivity contribution in [3.05, 3.63) is 28.0 Å². The molecule has 0 unspecified atom stereocenters. The van der Waals surface area contributed by atoms with Crippen molar-refractivity contribution >= 4 is 33.5 Å². The third-order valence-corrected chi connectivity index (χ3v) is 3.06. The standard InChI is InChI=1S/C10H10INO/c1-2-12-9(11)6-7-4-3-5-8(13)10(7)12/h3-6,13H,2H2,1H3. The molecular formula is C10H10INO. The van der Waals surface area contributed by atoms with Crippen LogP contribution in [0.25, 0.3) is 10.9 Å². The highest BCUT2D eigenvalue weighted by Crippen LogP contribution is 2.28. The number of aryl methyl sites for hydroxylation is 1. The van der Waals surface area contributed by atoms with Crippen LogP contribution in [0.5, 0.6) is 5.75 Å². The number of para-hydroxylation sites is 1. The Kier molecular flexibility index (Phi) is 2.19. The summed E-state index contributed by atoms with van der Waals surface area (Å²) < 4.78 is 3.27. The van der Waals surface area contributed by atoms with E-state index in [1.807, 2.05) is 12.1 Å². The van der Waals surface area contributed by atoms with Crippen molar-refractivity contribution < 1.29 is 5.11 Å². The van der Waals surface area contributed by atoms with Gasteiger partial charge >= 0.3 is 0 Å². The molecule has 0 aliphatic carbocycles. The molecule has 0 atom stereocenters. The summed E-state index contributed by atoms with van der Waals surface area (Å²) in [5.74, 6) is 0.363. The normalized spacial score (nSPS) is 10.9. The van der Waals surface area contributed by atoms with Crippen LogP contribution in [-0.4, -0.2) is 9.67 Å². The Labute approximate surface area is 90.3 Å². The van der Waals surface area contributed by atoms with E-state index in [9.17, 15) is 5.11 Å². The van der Waals surface area contributed by atoms with Crippen molar-refractivity contribution in [3.8, 4) is 5.75 Å². The van der Waals surface area contributed by atoms with E-state index in [0.29, 0.717) is 5.75 Å². The molecule has 2 nitrogen and oxygen atoms in total. The van der Waals surface area contributed by atoms with Gasteiger partial charge in [0.1, 0.15) is 5.75 Å². The minimum Gasteiger partial charge on any atom is -0.506 e. The van der Waals surface area contributed by atoms with E-state index in [-0.39, 0.29) is 0 Å². The smallest absolute Gasteiger partial charge is 0.139 e. The molecule has 0 radical (unpaired) electrons. The summed E-state index contributed by atoms with van der Waals surface area (Å²) in [4.78, 5) is 0. The van der Waals surface area contributed by atoms with Gasteiger partial charge in [-0.2, -0.15) is 0 Å². The molecule has 0 fully saturated rings. The minimum absolute atomic E-state index is 0.363. The van der Waals surface area contributed by atoms with Crippen LogP contribution >= 0.6 is 22.6 Å². The minimum atomic E-state index is 0.363. The summed E-state index contributed by atoms with van der Waals surface area (Å²) in [6.07, 6.45) is 0. The first-order valence-corrected chi connectivity index (χ1v) is 5.28. The zero-order chi connectivity index (χ0) is 9.42. The molecule has 0 bridgehead atoms. The fourth-order valence-electron chi connectivity index (χ4n) is 1.58. The van der Waals surface area contributed by atoms with Crippen molar-refractivity contribution in [2.45, 2.75) is 13.5 Å². The lowest BCUT2D eigenvalue weighted by Gasteiger charge is -2.03. The molecule has 3 heteroatoms. The lowest BCUT2D eigenvalue weighted by molar-refractivity contribution is 0.477. The second-order valence-electron chi connectivity index (χ2n) is 2.93. The quantitative estimate of drug-likeness (QED) is 0.801. The molecule has 2 aromatic rings. The Morgan fingerprint density at radius 3 is 2.92 bits per heavy atom. The first-order valence-electron chi connectivity index (χ1n) is 4.20. The second-order valence-corrected chi connectivity index (χ2v) is 4.03. The van der Waals surface area contributed by atoms with Gasteiger partial charge in [-0.05, 0) is 41.6 Å². The van der Waals surface area contributed by atoms with E-state index >= 15 is 0 Å². The summed E-state index contributed by atoms with van der Waals surface area (Å²) in [5, 5.41) is 10.8. The molecule has 1 heterocycles. The molecular weight excluding hydrogens is 277 g/mol. The predicted molar refractivity (Wildman–Crippen MR) is 62.0 cm³/mol. The highest BCUT2D eigenvalue weighted by Gasteiger charge is 2.07. The number of phenols is 1. The highest BCUT2D eigenvalue weighted by atomic mass is 127. The molecule has 0 saturated heterocycles. The number of aromatic hydroxyl groups is 1. The first kappa shape index (κ1) is 8.87. The van der Waals surface area contributed by atoms with Gasteiger partial charge in [-0.1, -0.05) is 12.1 Å². The van der Waals surface area contributed by atoms with Crippen LogP contribution < -0.4 is 0 Å². The SMILES string of the molecule is CCn1c(I)cc2cccc(O)c21. The third kappa shape index (κ3) is 1.31. The topological polar surface area (TPSA) is 25.2 Å². The van der Waals surface area contributed by atoms with Gasteiger partial charge in [0.2, 0.25) is 0 Å². The molecule has 1 N–H and O–H groups in total. The summed E-state index contributed by atoms with van der Waals surface area (Å²) >= 11 is 2.28. The zero-order valence-electron chi connectivity index (χ0n) is 7.29. The van der Waals surface area contributed by atoms with Gasteiger partial charge in [0, 0.05) is 11.9 Å². The van der Waals surface area contributed by atoms with Crippen LogP contribution in [0.4, 0.5) is 0 Å². The average Bonchev–Trinajstić information content (AvgIpc) is 2.42. The molecule has 13 heavy (non-hydrogen) atoms. The zero-order valence-corrected chi connectivity index (χ0v) is 9.45. The number of aromatic nitrogens is 1. The van der Waals surface area contributed by atoms with Gasteiger partial charge < -0.3 is 9.67 Å². The first-order chi connectivity index (χ1) is 6.24. The molecule has 0 saturated carbocycles. The Morgan fingerprint density at radius 2 is 2.23 bits per heavy atom. The molecule has 0 aliphatic rings. The number of nitrogens with zero attached hydrogens (tertiary/aromatic N) is 1. The number of hydrogen-bond donors (Lipinski definition) is 1. The maximum absolute atomic E-state index is 9.67. The van der Waals surface area contributed by atoms with Crippen LogP contribution in [0.3, 0.4) is 0 Å². The van der Waals surface area contributed by atoms with Gasteiger partial charge in [-0.3, -0.25) is 0 Å². The van der Waals surface area contributed by atoms with Crippen LogP contribution in [0, 0.1) is 3.70 Å². The summed E-state index contributed by atoms with van der Waals surface area (Å²) in [6.45, 7) is 2.97. The predicted octanol–water partition coefficient (Wildman–Crippen LogP) is 2.97. The van der Waals surface area contributed by atoms with E-state index in [4.69, 9.17) is 0 Å². The van der Waals surface area contributed by atoms with Crippen LogP contribution in [-0.2, 0) is 6.54 Å². The molecule has 0 spiro atoms.